The highest BCUT2D eigenvalue weighted by Gasteiger charge is 2.52. The monoisotopic (exact) mass is 1430 g/mol. The lowest BCUT2D eigenvalue weighted by atomic mass is 9.75. The summed E-state index contributed by atoms with van der Waals surface area (Å²) >= 11 is 2.42. The van der Waals surface area contributed by atoms with Gasteiger partial charge in [-0.25, -0.2) is 14.4 Å². The van der Waals surface area contributed by atoms with Gasteiger partial charge in [-0.1, -0.05) is 172 Å². The average Bonchev–Trinajstić information content (AvgIpc) is 1.62. The van der Waals surface area contributed by atoms with Gasteiger partial charge in [-0.05, 0) is 265 Å². The fraction of sp³-hybridized carbons (Fsp3) is 0.532. The maximum Gasteiger partial charge on any atom is 0.495 e. The Kier molecular flexibility index (Phi) is 50.6. The highest BCUT2D eigenvalue weighted by molar-refractivity contribution is 14.1. The van der Waals surface area contributed by atoms with Crippen LogP contribution in [0.25, 0.3) is 0 Å². The second kappa shape index (κ2) is 53.7. The van der Waals surface area contributed by atoms with Crippen LogP contribution < -0.4 is 5.46 Å². The zero-order chi connectivity index (χ0) is 70.6. The number of methoxy groups -OCH3 is 2. The largest absolute Gasteiger partial charge is 0.495 e. The summed E-state index contributed by atoms with van der Waals surface area (Å²) in [5.74, 6) is -1.42. The molecule has 1 fully saturated rings. The number of carboxylic acid groups (broad SMARTS) is 1. The van der Waals surface area contributed by atoms with Crippen LogP contribution in [0.3, 0.4) is 0 Å². The van der Waals surface area contributed by atoms with Crippen molar-refractivity contribution in [2.75, 3.05) is 31.9 Å². The van der Waals surface area contributed by atoms with Crippen LogP contribution in [0.2, 0.25) is 0 Å². The Balaban J connectivity index is 0.00000113. The van der Waals surface area contributed by atoms with Gasteiger partial charge in [-0.3, -0.25) is 4.18 Å². The van der Waals surface area contributed by atoms with Crippen molar-refractivity contribution in [3.63, 3.8) is 0 Å². The number of aliphatic hydroxyl groups excluding tert-OH is 1. The fourth-order valence-corrected chi connectivity index (χ4v) is 10.8. The van der Waals surface area contributed by atoms with E-state index in [4.69, 9.17) is 33.2 Å². The van der Waals surface area contributed by atoms with Crippen molar-refractivity contribution in [2.24, 2.45) is 0 Å². The topological polar surface area (TPSA) is 172 Å². The molecule has 15 heteroatoms. The van der Waals surface area contributed by atoms with Crippen LogP contribution in [0.4, 0.5) is 0 Å². The fourth-order valence-electron chi connectivity index (χ4n) is 9.30. The Morgan fingerprint density at radius 1 is 0.500 bits per heavy atom. The normalized spacial score (nSPS) is 13.1. The van der Waals surface area contributed by atoms with Crippen LogP contribution in [-0.4, -0.2) is 86.7 Å². The third kappa shape index (κ3) is 37.8. The van der Waals surface area contributed by atoms with E-state index in [0.29, 0.717) is 23.3 Å². The standard InChI is InChI=1S/C17H24O2.C16H22O2.C15H21BO4.C15H22O3S.C8H15I.C8H16O/c1-4-5-6-7-8-9-11-15-12-10-13-16(14(15)2)17(18)19-3;1-3-4-5-6-7-8-10-14-11-9-12-15(13(14)2)16(17)18;1-10-11(13(17)18-6)8-7-9-12(10)16-19-14(2,3)15(4,5)20-16;1-3-4-5-6-7-8-13-18-19(16,17)15-11-9-14(2)10-12-15;2*1-2-3-4-5-6-7-8-9/h5-6,10,12-13H,4,7-9,11H2,1-3H3;4-5,9,11-12H,3,6-8,10H2,1-2H3,(H,17,18);7-9H,1-6H3;4-5,9-12H,3,6-8,13H2,1-2H3;3-4H,2,5-8H2,1H3;3-4,9H,2,5-8H2,1H3/b6-5-;5-4-;;5-4-;2*4-3-. The van der Waals surface area contributed by atoms with Crippen molar-refractivity contribution in [1.29, 1.82) is 0 Å². The van der Waals surface area contributed by atoms with Crippen LogP contribution in [0.1, 0.15) is 255 Å². The lowest BCUT2D eigenvalue weighted by Gasteiger charge is -2.32. The van der Waals surface area contributed by atoms with Crippen LogP contribution >= 0.6 is 22.6 Å². The molecule has 1 aliphatic rings. The van der Waals surface area contributed by atoms with Crippen molar-refractivity contribution in [2.45, 2.75) is 247 Å². The Morgan fingerprint density at radius 3 is 1.27 bits per heavy atom. The Bertz CT molecular complexity index is 2930. The van der Waals surface area contributed by atoms with E-state index in [1.54, 1.807) is 36.4 Å². The molecule has 1 heterocycles. The molecule has 2 N–H and O–H groups in total. The van der Waals surface area contributed by atoms with E-state index in [1.807, 2.05) is 91.8 Å². The van der Waals surface area contributed by atoms with Crippen LogP contribution in [0.15, 0.2) is 145 Å². The molecule has 0 bridgehead atoms. The summed E-state index contributed by atoms with van der Waals surface area (Å²) < 4.78 is 51.6. The third-order valence-electron chi connectivity index (χ3n) is 15.8. The molecule has 524 valence electrons. The van der Waals surface area contributed by atoms with E-state index in [9.17, 15) is 22.8 Å². The summed E-state index contributed by atoms with van der Waals surface area (Å²) in [6.45, 7) is 27.0. The number of carbonyl (C=O) groups excluding carboxylic acids is 2. The first kappa shape index (κ1) is 88.6. The van der Waals surface area contributed by atoms with Gasteiger partial charge in [0.05, 0.1) is 53.6 Å². The van der Waals surface area contributed by atoms with Crippen molar-refractivity contribution in [3.05, 3.63) is 190 Å². The number of esters is 2. The minimum Gasteiger partial charge on any atom is -0.478 e. The van der Waals surface area contributed by atoms with Crippen molar-refractivity contribution in [1.82, 2.24) is 0 Å². The Labute approximate surface area is 584 Å². The first-order chi connectivity index (χ1) is 44.9. The number of aliphatic hydroxyl groups is 1. The van der Waals surface area contributed by atoms with Crippen LogP contribution in [0, 0.1) is 27.7 Å². The summed E-state index contributed by atoms with van der Waals surface area (Å²) in [4.78, 5) is 34.6. The Hall–Kier alpha value is -5.43. The first-order valence-electron chi connectivity index (χ1n) is 34.4. The molecule has 5 rings (SSSR count). The molecule has 0 spiro atoms. The van der Waals surface area contributed by atoms with E-state index in [-0.39, 0.29) is 23.4 Å². The summed E-state index contributed by atoms with van der Waals surface area (Å²) in [6, 6.07) is 23.6. The summed E-state index contributed by atoms with van der Waals surface area (Å²) in [7, 11) is -1.26. The number of benzene rings is 4. The van der Waals surface area contributed by atoms with Gasteiger partial charge >= 0.3 is 25.0 Å². The van der Waals surface area contributed by atoms with Gasteiger partial charge in [0, 0.05) is 6.61 Å². The number of hydrogen-bond donors (Lipinski definition) is 2. The number of aryl methyl sites for hydroxylation is 3. The van der Waals surface area contributed by atoms with Gasteiger partial charge in [-0.2, -0.15) is 8.42 Å². The smallest absolute Gasteiger partial charge is 0.478 e. The van der Waals surface area contributed by atoms with Gasteiger partial charge in [0.15, 0.2) is 0 Å². The molecular formula is C79H120BIO12S. The molecule has 1 aliphatic heterocycles. The molecule has 0 saturated carbocycles. The number of rotatable bonds is 34. The molecule has 0 radical (unpaired) electrons. The number of carboxylic acids is 1. The number of allylic oxidation sites excluding steroid dienone is 10. The highest BCUT2D eigenvalue weighted by atomic mass is 127. The maximum atomic E-state index is 11.8. The third-order valence-corrected chi connectivity index (χ3v) is 17.9. The SMILES string of the molecule is CC/C=C\CCCCI.CC/C=C\CCCCO.CC/C=C\CCCCOS(=O)(=O)c1ccc(C)cc1.CC/C=C\CCCCc1cccc(C(=O)O)c1C.CC/C=C\CCCCc1cccc(C(=O)OC)c1C.COC(=O)c1cccc(B2OC(C)(C)C(C)(C)O2)c1C. The minimum absolute atomic E-state index is 0.226. The highest BCUT2D eigenvalue weighted by Crippen LogP contribution is 2.37. The van der Waals surface area contributed by atoms with Crippen LogP contribution in [-0.2, 0) is 45.9 Å². The second-order valence-electron chi connectivity index (χ2n) is 24.0. The molecule has 1 saturated heterocycles. The van der Waals surface area contributed by atoms with E-state index >= 15 is 0 Å². The zero-order valence-corrected chi connectivity index (χ0v) is 63.3. The number of alkyl halides is 1. The van der Waals surface area contributed by atoms with E-state index < -0.39 is 34.4 Å². The van der Waals surface area contributed by atoms with E-state index in [0.717, 1.165) is 142 Å². The Morgan fingerprint density at radius 2 is 0.872 bits per heavy atom. The van der Waals surface area contributed by atoms with Crippen molar-refractivity contribution < 1.29 is 56.0 Å². The number of hydrogen-bond acceptors (Lipinski definition) is 11. The number of halogens is 1. The molecule has 0 atom stereocenters. The van der Waals surface area contributed by atoms with Gasteiger partial charge < -0.3 is 29.0 Å². The van der Waals surface area contributed by atoms with Crippen molar-refractivity contribution >= 4 is 63.2 Å². The summed E-state index contributed by atoms with van der Waals surface area (Å²) in [6.07, 6.45) is 46.2. The van der Waals surface area contributed by atoms with Gasteiger partial charge in [0.25, 0.3) is 10.1 Å². The van der Waals surface area contributed by atoms with Crippen LogP contribution in [0.5, 0.6) is 0 Å². The number of carbonyl (C=O) groups is 3. The quantitative estimate of drug-likeness (QED) is 0.00864. The van der Waals surface area contributed by atoms with Gasteiger partial charge in [-0.15, -0.1) is 0 Å². The van der Waals surface area contributed by atoms with Crippen molar-refractivity contribution in [3.8, 4) is 0 Å². The van der Waals surface area contributed by atoms with E-state index in [2.05, 4.69) is 124 Å². The van der Waals surface area contributed by atoms with Gasteiger partial charge in [0.2, 0.25) is 0 Å². The molecule has 4 aromatic rings. The number of ether oxygens (including phenoxy) is 2. The first-order valence-corrected chi connectivity index (χ1v) is 37.3. The molecule has 0 aromatic heterocycles. The molecule has 12 nitrogen and oxygen atoms in total. The molecule has 94 heavy (non-hydrogen) atoms. The zero-order valence-electron chi connectivity index (χ0n) is 60.3. The van der Waals surface area contributed by atoms with Gasteiger partial charge in [0.1, 0.15) is 0 Å². The second-order valence-corrected chi connectivity index (χ2v) is 26.6. The molecular weight excluding hydrogens is 1310 g/mol. The molecule has 4 aromatic carbocycles. The summed E-state index contributed by atoms with van der Waals surface area (Å²) in [5.41, 5.74) is 7.97. The lowest BCUT2D eigenvalue weighted by Crippen LogP contribution is -2.41. The predicted octanol–water partition coefficient (Wildman–Crippen LogP) is 20.4. The predicted molar refractivity (Wildman–Crippen MR) is 403 cm³/mol. The lowest BCUT2D eigenvalue weighted by molar-refractivity contribution is 0.00578. The number of aromatic carboxylic acids is 1. The van der Waals surface area contributed by atoms with E-state index in [1.165, 1.54) is 56.3 Å². The minimum atomic E-state index is -3.59. The molecule has 0 unspecified atom stereocenters. The average molecular weight is 1430 g/mol. The molecule has 0 amide bonds. The summed E-state index contributed by atoms with van der Waals surface area (Å²) in [5, 5.41) is 17.4. The number of unbranched alkanes of at least 4 members (excludes halogenated alkanes) is 10. The molecule has 0 aliphatic carbocycles. The maximum absolute atomic E-state index is 11.8.